The summed E-state index contributed by atoms with van der Waals surface area (Å²) in [6.45, 7) is 0. The van der Waals surface area contributed by atoms with E-state index in [2.05, 4.69) is 286 Å². The van der Waals surface area contributed by atoms with E-state index in [9.17, 15) is 0 Å². The molecule has 0 saturated carbocycles. The van der Waals surface area contributed by atoms with E-state index in [0.717, 1.165) is 45.3 Å². The average molecular weight is 893 g/mol. The largest absolute Gasteiger partial charge is 0.310 e. The van der Waals surface area contributed by atoms with Gasteiger partial charge in [-0.15, -0.1) is 0 Å². The van der Waals surface area contributed by atoms with E-state index >= 15 is 0 Å². The lowest BCUT2D eigenvalue weighted by Gasteiger charge is -2.26. The molecule has 0 atom stereocenters. The average Bonchev–Trinajstić information content (AvgIpc) is 4.07. The topological polar surface area (TPSA) is 18.0 Å². The Labute approximate surface area is 405 Å². The minimum atomic E-state index is 1.08. The molecule has 3 heterocycles. The maximum Gasteiger partial charge on any atom is 0.0561 e. The van der Waals surface area contributed by atoms with Crippen molar-refractivity contribution in [2.75, 3.05) is 4.90 Å². The van der Waals surface area contributed by atoms with Crippen molar-refractivity contribution in [3.8, 4) is 39.3 Å². The van der Waals surface area contributed by atoms with Gasteiger partial charge in [-0.05, 0) is 119 Å². The monoisotopic (exact) mass is 892 g/mol. The molecule has 4 heteroatoms. The summed E-state index contributed by atoms with van der Waals surface area (Å²) < 4.78 is 7.22. The second-order valence-corrected chi connectivity index (χ2v) is 18.2. The van der Waals surface area contributed by atoms with Crippen LogP contribution in [0.5, 0.6) is 0 Å². The lowest BCUT2D eigenvalue weighted by atomic mass is 10.0. The van der Waals surface area contributed by atoms with Crippen LogP contribution in [-0.4, -0.2) is 13.7 Å². The van der Waals surface area contributed by atoms with Crippen LogP contribution >= 0.6 is 0 Å². The molecule has 11 aromatic carbocycles. The van der Waals surface area contributed by atoms with Crippen LogP contribution in [0.3, 0.4) is 0 Å². The van der Waals surface area contributed by atoms with Crippen molar-refractivity contribution in [1.82, 2.24) is 13.7 Å². The number of fused-ring (bicyclic) bond motifs is 9. The van der Waals surface area contributed by atoms with E-state index in [-0.39, 0.29) is 0 Å². The quantitative estimate of drug-likeness (QED) is 0.149. The summed E-state index contributed by atoms with van der Waals surface area (Å²) in [6, 6.07) is 97.1. The lowest BCUT2D eigenvalue weighted by molar-refractivity contribution is 1.15. The molecule has 0 fully saturated rings. The van der Waals surface area contributed by atoms with Crippen molar-refractivity contribution in [2.24, 2.45) is 0 Å². The number of hydrogen-bond donors (Lipinski definition) is 0. The zero-order valence-electron chi connectivity index (χ0n) is 38.2. The van der Waals surface area contributed by atoms with Crippen LogP contribution in [0.1, 0.15) is 0 Å². The van der Waals surface area contributed by atoms with E-state index in [1.165, 1.54) is 76.5 Å². The van der Waals surface area contributed by atoms with Gasteiger partial charge < -0.3 is 18.6 Å². The SMILES string of the molecule is c1ccc(-c2ccc(N(c3ccc(-c4ccc(-n5c6ccccc6c6ccc(-n7c8ccccc8c8ccccc87)cc65)cc4)cc3)c3ccc4c5ccccc5n(-c5ccccc5)c4c3)cc2)cc1. The van der Waals surface area contributed by atoms with Gasteiger partial charge in [0.15, 0.2) is 0 Å². The van der Waals surface area contributed by atoms with Gasteiger partial charge in [-0.1, -0.05) is 170 Å². The molecule has 0 spiro atoms. The summed E-state index contributed by atoms with van der Waals surface area (Å²) in [6.07, 6.45) is 0. The van der Waals surface area contributed by atoms with Crippen LogP contribution < -0.4 is 4.90 Å². The summed E-state index contributed by atoms with van der Waals surface area (Å²) in [7, 11) is 0. The highest BCUT2D eigenvalue weighted by Gasteiger charge is 2.20. The maximum absolute atomic E-state index is 2.42. The number of rotatable bonds is 8. The van der Waals surface area contributed by atoms with Gasteiger partial charge in [-0.3, -0.25) is 0 Å². The van der Waals surface area contributed by atoms with Gasteiger partial charge in [0.2, 0.25) is 0 Å². The fraction of sp³-hybridized carbons (Fsp3) is 0. The Hall–Kier alpha value is -9.38. The van der Waals surface area contributed by atoms with Gasteiger partial charge >= 0.3 is 0 Å². The summed E-state index contributed by atoms with van der Waals surface area (Å²) >= 11 is 0. The number of benzene rings is 11. The Morgan fingerprint density at radius 1 is 0.200 bits per heavy atom. The number of nitrogens with zero attached hydrogens (tertiary/aromatic N) is 4. The Morgan fingerprint density at radius 3 is 1.00 bits per heavy atom. The first-order valence-corrected chi connectivity index (χ1v) is 24.0. The van der Waals surface area contributed by atoms with Crippen molar-refractivity contribution in [3.63, 3.8) is 0 Å². The Kier molecular flexibility index (Phi) is 9.17. The summed E-state index contributed by atoms with van der Waals surface area (Å²) in [4.78, 5) is 2.38. The van der Waals surface area contributed by atoms with Crippen LogP contribution in [-0.2, 0) is 0 Å². The highest BCUT2D eigenvalue weighted by molar-refractivity contribution is 6.13. The van der Waals surface area contributed by atoms with Crippen molar-refractivity contribution < 1.29 is 0 Å². The molecule has 4 nitrogen and oxygen atoms in total. The molecule has 0 saturated heterocycles. The first-order valence-electron chi connectivity index (χ1n) is 24.0. The molecular formula is C66H44N4. The number of anilines is 3. The Balaban J connectivity index is 0.855. The van der Waals surface area contributed by atoms with Crippen LogP contribution in [0.2, 0.25) is 0 Å². The standard InChI is InChI=1S/C66H44N4/c1-3-15-45(16-4-1)46-27-33-50(34-28-46)67(53-39-41-59-57-21-9-11-23-61(57)68(65(59)43-53)49-17-5-2-6-18-49)51-35-29-47(30-36-51)48-31-37-52(38-32-48)69-62-24-12-10-22-58(62)60-42-40-54(44-66(60)69)70-63-25-13-7-19-55(63)56-20-8-14-26-64(56)70/h1-44H. The van der Waals surface area contributed by atoms with Crippen molar-refractivity contribution in [3.05, 3.63) is 267 Å². The first kappa shape index (κ1) is 39.8. The summed E-state index contributed by atoms with van der Waals surface area (Å²) in [5, 5.41) is 7.47. The Morgan fingerprint density at radius 2 is 0.514 bits per heavy atom. The van der Waals surface area contributed by atoms with Gasteiger partial charge in [0.25, 0.3) is 0 Å². The molecule has 0 amide bonds. The van der Waals surface area contributed by atoms with E-state index in [0.29, 0.717) is 0 Å². The second-order valence-electron chi connectivity index (χ2n) is 18.2. The highest BCUT2D eigenvalue weighted by atomic mass is 15.1. The predicted molar refractivity (Wildman–Crippen MR) is 295 cm³/mol. The van der Waals surface area contributed by atoms with Gasteiger partial charge in [0, 0.05) is 66.4 Å². The van der Waals surface area contributed by atoms with Gasteiger partial charge in [0.05, 0.1) is 33.1 Å². The Bertz CT molecular complexity index is 4200. The molecule has 0 N–H and O–H groups in total. The highest BCUT2D eigenvalue weighted by Crippen LogP contribution is 2.42. The molecular weight excluding hydrogens is 849 g/mol. The minimum Gasteiger partial charge on any atom is -0.310 e. The van der Waals surface area contributed by atoms with Crippen LogP contribution in [0, 0.1) is 0 Å². The molecule has 0 aliphatic carbocycles. The third-order valence-electron chi connectivity index (χ3n) is 14.2. The van der Waals surface area contributed by atoms with Crippen molar-refractivity contribution in [1.29, 1.82) is 0 Å². The van der Waals surface area contributed by atoms with Crippen molar-refractivity contribution >= 4 is 82.5 Å². The molecule has 14 rings (SSSR count). The van der Waals surface area contributed by atoms with Crippen LogP contribution in [0.15, 0.2) is 267 Å². The first-order chi connectivity index (χ1) is 34.7. The molecule has 0 aliphatic heterocycles. The van der Waals surface area contributed by atoms with Gasteiger partial charge in [-0.2, -0.15) is 0 Å². The van der Waals surface area contributed by atoms with Gasteiger partial charge in [-0.25, -0.2) is 0 Å². The van der Waals surface area contributed by atoms with Crippen LogP contribution in [0.25, 0.3) is 105 Å². The van der Waals surface area contributed by atoms with E-state index < -0.39 is 0 Å². The summed E-state index contributed by atoms with van der Waals surface area (Å²) in [5.74, 6) is 0. The molecule has 0 radical (unpaired) electrons. The van der Waals surface area contributed by atoms with E-state index in [1.807, 2.05) is 0 Å². The van der Waals surface area contributed by atoms with Crippen LogP contribution in [0.4, 0.5) is 17.1 Å². The van der Waals surface area contributed by atoms with E-state index in [1.54, 1.807) is 0 Å². The normalized spacial score (nSPS) is 11.7. The fourth-order valence-corrected chi connectivity index (χ4v) is 11.0. The molecule has 0 bridgehead atoms. The minimum absolute atomic E-state index is 1.08. The predicted octanol–water partition coefficient (Wildman–Crippen LogP) is 17.8. The second kappa shape index (κ2) is 16.2. The molecule has 0 unspecified atom stereocenters. The van der Waals surface area contributed by atoms with Gasteiger partial charge in [0.1, 0.15) is 0 Å². The molecule has 3 aromatic heterocycles. The maximum atomic E-state index is 2.42. The number of para-hydroxylation sites is 5. The molecule has 14 aromatic rings. The summed E-state index contributed by atoms with van der Waals surface area (Å²) in [5.41, 5.74) is 18.5. The lowest BCUT2D eigenvalue weighted by Crippen LogP contribution is -2.10. The third kappa shape index (κ3) is 6.38. The van der Waals surface area contributed by atoms with E-state index in [4.69, 9.17) is 0 Å². The molecule has 328 valence electrons. The number of aromatic nitrogens is 3. The zero-order chi connectivity index (χ0) is 46.1. The molecule has 0 aliphatic rings. The fourth-order valence-electron chi connectivity index (χ4n) is 11.0. The molecule has 70 heavy (non-hydrogen) atoms. The zero-order valence-corrected chi connectivity index (χ0v) is 38.2. The number of hydrogen-bond acceptors (Lipinski definition) is 1. The third-order valence-corrected chi connectivity index (χ3v) is 14.2. The smallest absolute Gasteiger partial charge is 0.0561 e. The van der Waals surface area contributed by atoms with Crippen molar-refractivity contribution in [2.45, 2.75) is 0 Å².